The zero-order valence-electron chi connectivity index (χ0n) is 16.1. The van der Waals surface area contributed by atoms with E-state index >= 15 is 0 Å². The van der Waals surface area contributed by atoms with E-state index in [9.17, 15) is 5.11 Å². The zero-order chi connectivity index (χ0) is 17.2. The first-order chi connectivity index (χ1) is 10.5. The van der Waals surface area contributed by atoms with Crippen molar-refractivity contribution < 1.29 is 5.11 Å². The third-order valence-corrected chi connectivity index (χ3v) is 9.33. The molecule has 3 rings (SSSR count). The third-order valence-electron chi connectivity index (χ3n) is 7.17. The van der Waals surface area contributed by atoms with Crippen LogP contribution in [0.5, 0.6) is 0 Å². The summed E-state index contributed by atoms with van der Waals surface area (Å²) in [5.74, 6) is 0.586. The minimum absolute atomic E-state index is 0.0239. The molecule has 23 heavy (non-hydrogen) atoms. The van der Waals surface area contributed by atoms with Gasteiger partial charge in [-0.05, 0) is 66.0 Å². The molecule has 128 valence electrons. The fourth-order valence-corrected chi connectivity index (χ4v) is 7.62. The smallest absolute Gasteiger partial charge is 0.0779 e. The highest BCUT2D eigenvalue weighted by Crippen LogP contribution is 2.57. The maximum Gasteiger partial charge on any atom is 0.0779 e. The van der Waals surface area contributed by atoms with Crippen molar-refractivity contribution in [2.75, 3.05) is 0 Å². The van der Waals surface area contributed by atoms with Crippen molar-refractivity contribution in [1.82, 2.24) is 0 Å². The number of aliphatic hydroxyl groups excluding tert-OH is 1. The highest BCUT2D eigenvalue weighted by molar-refractivity contribution is 6.89. The van der Waals surface area contributed by atoms with Crippen LogP contribution in [-0.4, -0.2) is 19.3 Å². The standard InChI is InChI=1S/C21H34OSi/c1-14-15-8-11-18-20(2,3)19(22)12-13-21(18,4)16(15)9-10-17(14)23(5,6)7/h9-10,18-19,22H,8,11-13H2,1-7H3/t18-,19-,21+/m0/s1. The average Bonchev–Trinajstić information content (AvgIpc) is 2.43. The minimum Gasteiger partial charge on any atom is -0.393 e. The van der Waals surface area contributed by atoms with Gasteiger partial charge in [0.1, 0.15) is 0 Å². The first-order valence-corrected chi connectivity index (χ1v) is 12.8. The SMILES string of the molecule is Cc1c([Si](C)(C)C)ccc2c1CC[C@H]1C(C)(C)[C@@H](O)CC[C@]21C. The van der Waals surface area contributed by atoms with Crippen LogP contribution in [0.25, 0.3) is 0 Å². The van der Waals surface area contributed by atoms with Gasteiger partial charge in [0.15, 0.2) is 0 Å². The van der Waals surface area contributed by atoms with Crippen molar-refractivity contribution in [1.29, 1.82) is 0 Å². The predicted octanol–water partition coefficient (Wildman–Crippen LogP) is 4.54. The Balaban J connectivity index is 2.14. The lowest BCUT2D eigenvalue weighted by atomic mass is 9.49. The van der Waals surface area contributed by atoms with Crippen molar-refractivity contribution >= 4 is 13.3 Å². The van der Waals surface area contributed by atoms with E-state index < -0.39 is 8.07 Å². The van der Waals surface area contributed by atoms with E-state index in [4.69, 9.17) is 0 Å². The van der Waals surface area contributed by atoms with E-state index in [1.165, 1.54) is 12.8 Å². The maximum atomic E-state index is 10.5. The Kier molecular flexibility index (Phi) is 3.89. The highest BCUT2D eigenvalue weighted by atomic mass is 28.3. The molecule has 3 atom stereocenters. The number of rotatable bonds is 1. The summed E-state index contributed by atoms with van der Waals surface area (Å²) >= 11 is 0. The van der Waals surface area contributed by atoms with E-state index in [0.717, 1.165) is 12.8 Å². The molecular weight excluding hydrogens is 296 g/mol. The number of benzene rings is 1. The van der Waals surface area contributed by atoms with Gasteiger partial charge in [-0.25, -0.2) is 0 Å². The van der Waals surface area contributed by atoms with Gasteiger partial charge in [0, 0.05) is 0 Å². The van der Waals surface area contributed by atoms with Gasteiger partial charge in [-0.3, -0.25) is 0 Å². The second-order valence-electron chi connectivity index (χ2n) is 9.90. The molecule has 2 aliphatic carbocycles. The lowest BCUT2D eigenvalue weighted by Crippen LogP contribution is -2.54. The Morgan fingerprint density at radius 2 is 1.74 bits per heavy atom. The Bertz CT molecular complexity index is 625. The van der Waals surface area contributed by atoms with Crippen LogP contribution < -0.4 is 5.19 Å². The van der Waals surface area contributed by atoms with Gasteiger partial charge in [0.05, 0.1) is 14.2 Å². The lowest BCUT2D eigenvalue weighted by Gasteiger charge is -2.56. The molecule has 1 aromatic rings. The van der Waals surface area contributed by atoms with Gasteiger partial charge in [-0.1, -0.05) is 57.7 Å². The van der Waals surface area contributed by atoms with Crippen LogP contribution in [0.2, 0.25) is 19.6 Å². The predicted molar refractivity (Wildman–Crippen MR) is 102 cm³/mol. The molecule has 1 N–H and O–H groups in total. The van der Waals surface area contributed by atoms with E-state index in [-0.39, 0.29) is 16.9 Å². The van der Waals surface area contributed by atoms with Gasteiger partial charge in [-0.2, -0.15) is 0 Å². The van der Waals surface area contributed by atoms with Gasteiger partial charge in [0.25, 0.3) is 0 Å². The molecular formula is C21H34OSi. The first kappa shape index (κ1) is 17.2. The van der Waals surface area contributed by atoms with Gasteiger partial charge < -0.3 is 5.11 Å². The van der Waals surface area contributed by atoms with Crippen molar-refractivity contribution in [3.8, 4) is 0 Å². The minimum atomic E-state index is -1.28. The second-order valence-corrected chi connectivity index (χ2v) is 14.9. The molecule has 0 heterocycles. The Morgan fingerprint density at radius 1 is 1.09 bits per heavy atom. The molecule has 0 saturated heterocycles. The average molecular weight is 331 g/mol. The maximum absolute atomic E-state index is 10.5. The van der Waals surface area contributed by atoms with Crippen molar-refractivity contribution in [2.45, 2.75) is 84.5 Å². The molecule has 1 aromatic carbocycles. The quantitative estimate of drug-likeness (QED) is 0.750. The molecule has 2 aliphatic rings. The Hall–Kier alpha value is -0.603. The summed E-state index contributed by atoms with van der Waals surface area (Å²) in [5, 5.41) is 12.2. The number of aliphatic hydroxyl groups is 1. The molecule has 0 amide bonds. The largest absolute Gasteiger partial charge is 0.393 e. The van der Waals surface area contributed by atoms with Crippen LogP contribution in [0.15, 0.2) is 12.1 Å². The first-order valence-electron chi connectivity index (χ1n) is 9.31. The fourth-order valence-electron chi connectivity index (χ4n) is 5.76. The van der Waals surface area contributed by atoms with Crippen LogP contribution in [-0.2, 0) is 11.8 Å². The molecule has 0 unspecified atom stereocenters. The summed E-state index contributed by atoms with van der Waals surface area (Å²) in [6, 6.07) is 4.89. The second kappa shape index (κ2) is 5.19. The third kappa shape index (κ3) is 2.44. The molecule has 0 spiro atoms. The number of hydrogen-bond acceptors (Lipinski definition) is 1. The fraction of sp³-hybridized carbons (Fsp3) is 0.714. The van der Waals surface area contributed by atoms with Crippen LogP contribution in [0.4, 0.5) is 0 Å². The number of hydrogen-bond donors (Lipinski definition) is 1. The molecule has 1 fully saturated rings. The Morgan fingerprint density at radius 3 is 2.35 bits per heavy atom. The number of fused-ring (bicyclic) bond motifs is 3. The molecule has 0 bridgehead atoms. The summed E-state index contributed by atoms with van der Waals surface area (Å²) in [6.45, 7) is 16.8. The van der Waals surface area contributed by atoms with E-state index in [2.05, 4.69) is 59.5 Å². The van der Waals surface area contributed by atoms with Gasteiger partial charge in [-0.15, -0.1) is 0 Å². The lowest BCUT2D eigenvalue weighted by molar-refractivity contribution is -0.0731. The zero-order valence-corrected chi connectivity index (χ0v) is 17.1. The van der Waals surface area contributed by atoms with Crippen molar-refractivity contribution in [3.63, 3.8) is 0 Å². The molecule has 1 saturated carbocycles. The molecule has 1 nitrogen and oxygen atoms in total. The normalized spacial score (nSPS) is 33.0. The molecule has 0 aromatic heterocycles. The summed E-state index contributed by atoms with van der Waals surface area (Å²) < 4.78 is 0. The monoisotopic (exact) mass is 330 g/mol. The van der Waals surface area contributed by atoms with Crippen LogP contribution in [0.3, 0.4) is 0 Å². The van der Waals surface area contributed by atoms with Crippen LogP contribution >= 0.6 is 0 Å². The highest BCUT2D eigenvalue weighted by Gasteiger charge is 2.53. The van der Waals surface area contributed by atoms with Crippen molar-refractivity contribution in [3.05, 3.63) is 28.8 Å². The van der Waals surface area contributed by atoms with Crippen LogP contribution in [0.1, 0.15) is 56.7 Å². The molecule has 2 heteroatoms. The van der Waals surface area contributed by atoms with Gasteiger partial charge in [0.2, 0.25) is 0 Å². The Labute approximate surface area is 143 Å². The van der Waals surface area contributed by atoms with Crippen molar-refractivity contribution in [2.24, 2.45) is 11.3 Å². The van der Waals surface area contributed by atoms with E-state index in [1.54, 1.807) is 21.9 Å². The summed E-state index contributed by atoms with van der Waals surface area (Å²) in [4.78, 5) is 0. The topological polar surface area (TPSA) is 20.2 Å². The molecule has 0 aliphatic heterocycles. The molecule has 0 radical (unpaired) electrons. The van der Waals surface area contributed by atoms with E-state index in [1.807, 2.05) is 0 Å². The summed E-state index contributed by atoms with van der Waals surface area (Å²) in [7, 11) is -1.28. The summed E-state index contributed by atoms with van der Waals surface area (Å²) in [6.07, 6.45) is 4.33. The summed E-state index contributed by atoms with van der Waals surface area (Å²) in [5.41, 5.74) is 5.06. The van der Waals surface area contributed by atoms with E-state index in [0.29, 0.717) is 5.92 Å². The van der Waals surface area contributed by atoms with Gasteiger partial charge >= 0.3 is 0 Å². The van der Waals surface area contributed by atoms with Crippen LogP contribution in [0, 0.1) is 18.3 Å².